The van der Waals surface area contributed by atoms with Gasteiger partial charge in [-0.2, -0.15) is 0 Å². The van der Waals surface area contributed by atoms with E-state index in [9.17, 15) is 0 Å². The molecule has 1 unspecified atom stereocenters. The molecule has 0 rings (SSSR count). The summed E-state index contributed by atoms with van der Waals surface area (Å²) in [5.41, 5.74) is 6.13. The van der Waals surface area contributed by atoms with Crippen molar-refractivity contribution in [1.82, 2.24) is 4.90 Å². The quantitative estimate of drug-likeness (QED) is 0.445. The number of hydrogen-bond donors (Lipinski definition) is 2. The van der Waals surface area contributed by atoms with Crippen LogP contribution in [0.3, 0.4) is 0 Å². The highest BCUT2D eigenvalue weighted by Gasteiger charge is 2.19. The Morgan fingerprint density at radius 1 is 1.33 bits per heavy atom. The van der Waals surface area contributed by atoms with E-state index in [2.05, 4.69) is 38.4 Å². The Morgan fingerprint density at radius 2 is 1.80 bits per heavy atom. The zero-order chi connectivity index (χ0) is 12.3. The van der Waals surface area contributed by atoms with E-state index in [0.29, 0.717) is 5.96 Å². The first-order valence-corrected chi connectivity index (χ1v) is 5.81. The maximum Gasteiger partial charge on any atom is 0.192 e. The molecule has 0 aromatic rings. The fourth-order valence-electron chi connectivity index (χ4n) is 1.20. The van der Waals surface area contributed by atoms with Gasteiger partial charge in [0, 0.05) is 13.6 Å². The minimum atomic E-state index is -0.365. The molecule has 15 heavy (non-hydrogen) atoms. The molecule has 0 aliphatic carbocycles. The lowest BCUT2D eigenvalue weighted by molar-refractivity contribution is 0.302. The molecule has 0 saturated heterocycles. The topological polar surface area (TPSA) is 41.6 Å². The number of nitrogens with zero attached hydrogens (tertiary/aromatic N) is 2. The van der Waals surface area contributed by atoms with Gasteiger partial charge in [-0.05, 0) is 18.8 Å². The van der Waals surface area contributed by atoms with Gasteiger partial charge in [0.25, 0.3) is 0 Å². The molecule has 0 aromatic carbocycles. The van der Waals surface area contributed by atoms with E-state index in [0.717, 1.165) is 13.0 Å². The van der Waals surface area contributed by atoms with Crippen molar-refractivity contribution < 1.29 is 0 Å². The van der Waals surface area contributed by atoms with Crippen LogP contribution in [0.4, 0.5) is 0 Å². The van der Waals surface area contributed by atoms with Crippen molar-refractivity contribution in [2.24, 2.45) is 16.1 Å². The van der Waals surface area contributed by atoms with E-state index in [1.54, 1.807) is 0 Å². The maximum atomic E-state index is 5.91. The Bertz CT molecular complexity index is 228. The van der Waals surface area contributed by atoms with Crippen LogP contribution in [0.2, 0.25) is 0 Å². The lowest BCUT2D eigenvalue weighted by Gasteiger charge is -2.29. The van der Waals surface area contributed by atoms with E-state index < -0.39 is 0 Å². The number of rotatable bonds is 3. The van der Waals surface area contributed by atoms with Crippen molar-refractivity contribution in [3.8, 4) is 0 Å². The van der Waals surface area contributed by atoms with Crippen LogP contribution in [-0.2, 0) is 0 Å². The fourth-order valence-corrected chi connectivity index (χ4v) is 1.31. The SMILES string of the molecule is CCC(C)(S)N=C(N)N(C)CC(C)(C)C. The lowest BCUT2D eigenvalue weighted by atomic mass is 9.96. The van der Waals surface area contributed by atoms with Gasteiger partial charge in [0.05, 0.1) is 0 Å². The number of hydrogen-bond acceptors (Lipinski definition) is 2. The Balaban J connectivity index is 4.51. The third-order valence-electron chi connectivity index (χ3n) is 2.13. The molecule has 0 amide bonds. The summed E-state index contributed by atoms with van der Waals surface area (Å²) < 4.78 is 0. The molecule has 0 saturated carbocycles. The molecule has 1 atom stereocenters. The van der Waals surface area contributed by atoms with Crippen LogP contribution < -0.4 is 5.73 Å². The van der Waals surface area contributed by atoms with E-state index >= 15 is 0 Å². The summed E-state index contributed by atoms with van der Waals surface area (Å²) in [7, 11) is 1.96. The predicted molar refractivity (Wildman–Crippen MR) is 71.4 cm³/mol. The Hall–Kier alpha value is -0.380. The van der Waals surface area contributed by atoms with Gasteiger partial charge in [-0.1, -0.05) is 27.7 Å². The molecule has 3 nitrogen and oxygen atoms in total. The highest BCUT2D eigenvalue weighted by atomic mass is 32.1. The largest absolute Gasteiger partial charge is 0.370 e. The molecule has 4 heteroatoms. The maximum absolute atomic E-state index is 5.91. The van der Waals surface area contributed by atoms with Crippen molar-refractivity contribution in [2.45, 2.75) is 45.9 Å². The lowest BCUT2D eigenvalue weighted by Crippen LogP contribution is -2.40. The Morgan fingerprint density at radius 3 is 2.13 bits per heavy atom. The first-order valence-electron chi connectivity index (χ1n) is 5.36. The number of nitrogens with two attached hydrogens (primary N) is 1. The summed E-state index contributed by atoms with van der Waals surface area (Å²) in [6, 6.07) is 0. The molecule has 2 N–H and O–H groups in total. The number of aliphatic imine (C=N–C) groups is 1. The minimum absolute atomic E-state index is 0.216. The first-order chi connectivity index (χ1) is 6.57. The third-order valence-corrected chi connectivity index (χ3v) is 2.54. The second kappa shape index (κ2) is 5.10. The van der Waals surface area contributed by atoms with Gasteiger partial charge >= 0.3 is 0 Å². The van der Waals surface area contributed by atoms with Gasteiger partial charge in [-0.25, -0.2) is 4.99 Å². The van der Waals surface area contributed by atoms with Crippen LogP contribution in [0.1, 0.15) is 41.0 Å². The van der Waals surface area contributed by atoms with Gasteiger partial charge in [0.2, 0.25) is 0 Å². The second-order valence-corrected chi connectivity index (χ2v) is 6.42. The van der Waals surface area contributed by atoms with Gasteiger partial charge in [-0.15, -0.1) is 12.6 Å². The zero-order valence-corrected chi connectivity index (χ0v) is 11.7. The van der Waals surface area contributed by atoms with Crippen LogP contribution in [0.15, 0.2) is 4.99 Å². The smallest absolute Gasteiger partial charge is 0.192 e. The predicted octanol–water partition coefficient (Wildman–Crippen LogP) is 2.33. The van der Waals surface area contributed by atoms with Crippen LogP contribution in [-0.4, -0.2) is 29.3 Å². The van der Waals surface area contributed by atoms with E-state index in [1.165, 1.54) is 0 Å². The van der Waals surface area contributed by atoms with Crippen LogP contribution in [0, 0.1) is 5.41 Å². The van der Waals surface area contributed by atoms with Crippen LogP contribution in [0.5, 0.6) is 0 Å². The van der Waals surface area contributed by atoms with Crippen molar-refractivity contribution >= 4 is 18.6 Å². The molecule has 0 aromatic heterocycles. The normalized spacial score (nSPS) is 17.4. The fraction of sp³-hybridized carbons (Fsp3) is 0.909. The molecule has 0 aliphatic heterocycles. The minimum Gasteiger partial charge on any atom is -0.370 e. The van der Waals surface area contributed by atoms with Gasteiger partial charge < -0.3 is 10.6 Å². The standard InChI is InChI=1S/C11H25N3S/c1-7-11(5,15)13-9(12)14(6)8-10(2,3)4/h15H,7-8H2,1-6H3,(H2,12,13). The highest BCUT2D eigenvalue weighted by Crippen LogP contribution is 2.20. The van der Waals surface area contributed by atoms with Gasteiger partial charge in [-0.3, -0.25) is 0 Å². The van der Waals surface area contributed by atoms with Crippen molar-refractivity contribution in [3.05, 3.63) is 0 Å². The summed E-state index contributed by atoms with van der Waals surface area (Å²) in [6.07, 6.45) is 0.861. The molecule has 0 radical (unpaired) electrons. The summed E-state index contributed by atoms with van der Waals surface area (Å²) in [5, 5.41) is 0. The van der Waals surface area contributed by atoms with Crippen molar-refractivity contribution in [3.63, 3.8) is 0 Å². The average Bonchev–Trinajstić information content (AvgIpc) is 2.00. The third kappa shape index (κ3) is 6.66. The van der Waals surface area contributed by atoms with E-state index in [1.807, 2.05) is 25.8 Å². The van der Waals surface area contributed by atoms with E-state index in [4.69, 9.17) is 5.73 Å². The van der Waals surface area contributed by atoms with Crippen LogP contribution in [0.25, 0.3) is 0 Å². The second-order valence-electron chi connectivity index (χ2n) is 5.46. The molecule has 0 bridgehead atoms. The zero-order valence-electron chi connectivity index (χ0n) is 10.8. The summed E-state index contributed by atoms with van der Waals surface area (Å²) in [5.74, 6) is 0.560. The summed E-state index contributed by atoms with van der Waals surface area (Å²) in [6.45, 7) is 11.4. The van der Waals surface area contributed by atoms with Crippen LogP contribution >= 0.6 is 12.6 Å². The molecule has 0 fully saturated rings. The highest BCUT2D eigenvalue weighted by molar-refractivity contribution is 7.81. The molecule has 0 spiro atoms. The molecule has 0 heterocycles. The summed E-state index contributed by atoms with van der Waals surface area (Å²) >= 11 is 4.44. The first kappa shape index (κ1) is 14.6. The number of thiol groups is 1. The average molecular weight is 231 g/mol. The summed E-state index contributed by atoms with van der Waals surface area (Å²) in [4.78, 5) is 6.01. The van der Waals surface area contributed by atoms with Gasteiger partial charge in [0.15, 0.2) is 5.96 Å². The van der Waals surface area contributed by atoms with Gasteiger partial charge in [0.1, 0.15) is 4.87 Å². The van der Waals surface area contributed by atoms with E-state index in [-0.39, 0.29) is 10.3 Å². The monoisotopic (exact) mass is 231 g/mol. The van der Waals surface area contributed by atoms with Crippen molar-refractivity contribution in [1.29, 1.82) is 0 Å². The molecule has 0 aliphatic rings. The molecular formula is C11H25N3S. The Labute approximate surface area is 99.5 Å². The molecule has 90 valence electrons. The van der Waals surface area contributed by atoms with Crippen molar-refractivity contribution in [2.75, 3.05) is 13.6 Å². The number of guanidine groups is 1. The molecular weight excluding hydrogens is 206 g/mol. The Kier molecular flexibility index (Phi) is 4.97.